The Labute approximate surface area is 231 Å². The number of anilines is 2. The third-order valence-electron chi connectivity index (χ3n) is 6.90. The molecule has 0 atom stereocenters. The average Bonchev–Trinajstić information content (AvgIpc) is 3.19. The number of carbonyl (C=O) groups is 1. The van der Waals surface area contributed by atoms with Crippen LogP contribution >= 0.6 is 24.8 Å². The highest BCUT2D eigenvalue weighted by Gasteiger charge is 2.47. The van der Waals surface area contributed by atoms with Gasteiger partial charge in [0, 0.05) is 24.0 Å². The zero-order valence-corrected chi connectivity index (χ0v) is 22.2. The van der Waals surface area contributed by atoms with Crippen LogP contribution < -0.4 is 10.2 Å². The van der Waals surface area contributed by atoms with Crippen molar-refractivity contribution in [1.82, 2.24) is 15.2 Å². The van der Waals surface area contributed by atoms with Crippen molar-refractivity contribution < 1.29 is 22.7 Å². The van der Waals surface area contributed by atoms with Crippen LogP contribution in [0.3, 0.4) is 0 Å². The molecule has 12 heteroatoms. The largest absolute Gasteiger partial charge is 0.441 e. The predicted molar refractivity (Wildman–Crippen MR) is 143 cm³/mol. The first-order valence-electron chi connectivity index (χ1n) is 11.9. The van der Waals surface area contributed by atoms with E-state index in [9.17, 15) is 18.0 Å². The fraction of sp³-hybridized carbons (Fsp3) is 0.385. The van der Waals surface area contributed by atoms with Gasteiger partial charge in [-0.3, -0.25) is 9.88 Å². The third kappa shape index (κ3) is 6.47. The molecular formula is C26H28Cl2F3N5O2. The molecule has 3 heterocycles. The minimum atomic E-state index is -4.41. The number of nitrogens with one attached hydrogen (secondary N) is 1. The van der Waals surface area contributed by atoms with Crippen molar-refractivity contribution in [2.24, 2.45) is 5.92 Å². The van der Waals surface area contributed by atoms with E-state index in [4.69, 9.17) is 4.74 Å². The van der Waals surface area contributed by atoms with Gasteiger partial charge in [0.2, 0.25) is 0 Å². The molecule has 1 saturated heterocycles. The number of hydrogen-bond acceptors (Lipinski definition) is 6. The van der Waals surface area contributed by atoms with Gasteiger partial charge in [-0.1, -0.05) is 12.1 Å². The van der Waals surface area contributed by atoms with Crippen LogP contribution in [0, 0.1) is 12.8 Å². The molecular weight excluding hydrogens is 542 g/mol. The van der Waals surface area contributed by atoms with E-state index in [1.54, 1.807) is 29.3 Å². The zero-order chi connectivity index (χ0) is 25.3. The topological polar surface area (TPSA) is 80.2 Å². The van der Waals surface area contributed by atoms with E-state index in [-0.39, 0.29) is 30.9 Å². The molecule has 0 radical (unpaired) electrons. The maximum atomic E-state index is 13.0. The Kier molecular flexibility index (Phi) is 9.09. The van der Waals surface area contributed by atoms with Crippen LogP contribution in [0.5, 0.6) is 0 Å². The van der Waals surface area contributed by atoms with Gasteiger partial charge in [-0.05, 0) is 74.9 Å². The van der Waals surface area contributed by atoms with E-state index in [2.05, 4.69) is 20.5 Å². The number of carbonyl (C=O) groups excluding carboxylic acids is 1. The van der Waals surface area contributed by atoms with E-state index in [1.165, 1.54) is 6.07 Å². The van der Waals surface area contributed by atoms with Gasteiger partial charge < -0.3 is 10.1 Å². The molecule has 1 aliphatic heterocycles. The van der Waals surface area contributed by atoms with Crippen molar-refractivity contribution >= 4 is 42.4 Å². The molecule has 1 spiro atoms. The summed E-state index contributed by atoms with van der Waals surface area (Å²) >= 11 is 0. The summed E-state index contributed by atoms with van der Waals surface area (Å²) in [5, 5.41) is 11.5. The first kappa shape index (κ1) is 29.4. The molecule has 3 aromatic rings. The first-order valence-corrected chi connectivity index (χ1v) is 11.9. The van der Waals surface area contributed by atoms with Crippen molar-refractivity contribution in [3.63, 3.8) is 0 Å². The molecule has 2 fully saturated rings. The maximum Gasteiger partial charge on any atom is 0.416 e. The minimum absolute atomic E-state index is 0. The first-order chi connectivity index (χ1) is 17.2. The monoisotopic (exact) mass is 569 g/mol. The summed E-state index contributed by atoms with van der Waals surface area (Å²) in [5.41, 5.74) is 1.22. The molecule has 0 unspecified atom stereocenters. The van der Waals surface area contributed by atoms with Crippen LogP contribution in [-0.4, -0.2) is 40.0 Å². The highest BCUT2D eigenvalue weighted by molar-refractivity contribution is 5.90. The van der Waals surface area contributed by atoms with Crippen molar-refractivity contribution in [2.45, 2.75) is 44.4 Å². The molecule has 38 heavy (non-hydrogen) atoms. The van der Waals surface area contributed by atoms with E-state index >= 15 is 0 Å². The summed E-state index contributed by atoms with van der Waals surface area (Å²) < 4.78 is 44.8. The SMILES string of the molecule is Cc1cc(N2CC3(CCC(CNc4ccc(-c5cccc(C(F)(F)F)c5)nn4)CC3)OC2=O)ccn1.Cl.Cl. The van der Waals surface area contributed by atoms with Crippen molar-refractivity contribution in [2.75, 3.05) is 23.3 Å². The second-order valence-corrected chi connectivity index (χ2v) is 9.50. The number of hydrogen-bond donors (Lipinski definition) is 1. The van der Waals surface area contributed by atoms with Gasteiger partial charge in [0.25, 0.3) is 0 Å². The van der Waals surface area contributed by atoms with Gasteiger partial charge in [-0.2, -0.15) is 13.2 Å². The molecule has 5 rings (SSSR count). The molecule has 1 aliphatic carbocycles. The second-order valence-electron chi connectivity index (χ2n) is 9.50. The minimum Gasteiger partial charge on any atom is -0.441 e. The highest BCUT2D eigenvalue weighted by Crippen LogP contribution is 2.41. The quantitative estimate of drug-likeness (QED) is 0.368. The number of alkyl halides is 3. The van der Waals surface area contributed by atoms with E-state index in [0.29, 0.717) is 36.1 Å². The van der Waals surface area contributed by atoms with Crippen molar-refractivity contribution in [3.05, 3.63) is 66.0 Å². The molecule has 2 aliphatic rings. The highest BCUT2D eigenvalue weighted by atomic mass is 35.5. The molecule has 1 saturated carbocycles. The van der Waals surface area contributed by atoms with Crippen LogP contribution in [0.4, 0.5) is 29.5 Å². The number of pyridine rings is 1. The summed E-state index contributed by atoms with van der Waals surface area (Å²) in [4.78, 5) is 18.4. The number of halogens is 5. The number of aromatic nitrogens is 3. The lowest BCUT2D eigenvalue weighted by atomic mass is 9.78. The van der Waals surface area contributed by atoms with Crippen molar-refractivity contribution in [3.8, 4) is 11.3 Å². The number of rotatable bonds is 5. The van der Waals surface area contributed by atoms with Gasteiger partial charge in [0.1, 0.15) is 11.4 Å². The van der Waals surface area contributed by atoms with E-state index in [1.807, 2.05) is 19.1 Å². The lowest BCUT2D eigenvalue weighted by molar-refractivity contribution is -0.137. The molecule has 7 nitrogen and oxygen atoms in total. The molecule has 0 bridgehead atoms. The van der Waals surface area contributed by atoms with Crippen molar-refractivity contribution in [1.29, 1.82) is 0 Å². The lowest BCUT2D eigenvalue weighted by Gasteiger charge is -2.35. The molecule has 1 aromatic carbocycles. The van der Waals surface area contributed by atoms with Crippen LogP contribution in [0.2, 0.25) is 0 Å². The van der Waals surface area contributed by atoms with Gasteiger partial charge in [0.15, 0.2) is 0 Å². The number of benzene rings is 1. The van der Waals surface area contributed by atoms with Gasteiger partial charge in [-0.15, -0.1) is 35.0 Å². The summed E-state index contributed by atoms with van der Waals surface area (Å²) in [6.45, 7) is 3.12. The number of aryl methyl sites for hydroxylation is 1. The molecule has 2 aromatic heterocycles. The third-order valence-corrected chi connectivity index (χ3v) is 6.90. The Morgan fingerprint density at radius 1 is 1.08 bits per heavy atom. The number of amides is 1. The Morgan fingerprint density at radius 3 is 2.50 bits per heavy atom. The molecule has 1 N–H and O–H groups in total. The van der Waals surface area contributed by atoms with Crippen LogP contribution in [0.15, 0.2) is 54.7 Å². The Bertz CT molecular complexity index is 1250. The Hall–Kier alpha value is -3.11. The summed E-state index contributed by atoms with van der Waals surface area (Å²) in [6, 6.07) is 12.1. The lowest BCUT2D eigenvalue weighted by Crippen LogP contribution is -2.39. The van der Waals surface area contributed by atoms with E-state index < -0.39 is 17.3 Å². The van der Waals surface area contributed by atoms with Gasteiger partial charge >= 0.3 is 12.3 Å². The average molecular weight is 570 g/mol. The Balaban J connectivity index is 0.00000200. The van der Waals surface area contributed by atoms with Crippen LogP contribution in [0.25, 0.3) is 11.3 Å². The number of ether oxygens (including phenoxy) is 1. The smallest absolute Gasteiger partial charge is 0.416 e. The molecule has 1 amide bonds. The van der Waals surface area contributed by atoms with Gasteiger partial charge in [-0.25, -0.2) is 4.79 Å². The number of nitrogens with zero attached hydrogens (tertiary/aromatic N) is 4. The standard InChI is InChI=1S/C26H26F3N5O2.2ClH/c1-17-13-21(9-12-30-17)34-16-25(36-24(34)35)10-7-18(8-11-25)15-31-23-6-5-22(32-33-23)19-3-2-4-20(14-19)26(27,28)29;;/h2-6,9,12-14,18H,7-8,10-11,15-16H2,1H3,(H,31,33);2*1H. The summed E-state index contributed by atoms with van der Waals surface area (Å²) in [6.07, 6.45) is 0.348. The maximum absolute atomic E-state index is 13.0. The summed E-state index contributed by atoms with van der Waals surface area (Å²) in [5.74, 6) is 0.953. The van der Waals surface area contributed by atoms with Crippen LogP contribution in [0.1, 0.15) is 36.9 Å². The van der Waals surface area contributed by atoms with E-state index in [0.717, 1.165) is 49.2 Å². The fourth-order valence-electron chi connectivity index (χ4n) is 4.87. The molecule has 204 valence electrons. The zero-order valence-electron chi connectivity index (χ0n) is 20.6. The predicted octanol–water partition coefficient (Wildman–Crippen LogP) is 6.71. The Morgan fingerprint density at radius 2 is 1.84 bits per heavy atom. The summed E-state index contributed by atoms with van der Waals surface area (Å²) in [7, 11) is 0. The van der Waals surface area contributed by atoms with Gasteiger partial charge in [0.05, 0.1) is 23.5 Å². The normalized spacial score (nSPS) is 20.9. The fourth-order valence-corrected chi connectivity index (χ4v) is 4.87. The second kappa shape index (κ2) is 11.7. The van der Waals surface area contributed by atoms with Crippen LogP contribution in [-0.2, 0) is 10.9 Å².